The summed E-state index contributed by atoms with van der Waals surface area (Å²) in [7, 11) is -10.3. The Balaban J connectivity index is 1.71. The Morgan fingerprint density at radius 3 is 2.43 bits per heavy atom. The maximum Gasteiger partial charge on any atom is 0.476 e. The smallest absolute Gasteiger partial charge is 0.390 e. The number of nitrogen functional groups attached to an aromatic ring is 1. The maximum atomic E-state index is 12.4. The summed E-state index contributed by atoms with van der Waals surface area (Å²) >= 11 is 0. The van der Waals surface area contributed by atoms with Gasteiger partial charge in [0.15, 0.2) is 6.23 Å². The molecule has 9 atom stereocenters. The van der Waals surface area contributed by atoms with Gasteiger partial charge in [-0.2, -0.15) is 19.7 Å². The van der Waals surface area contributed by atoms with Gasteiger partial charge in [0, 0.05) is 18.2 Å². The van der Waals surface area contributed by atoms with E-state index in [1.165, 1.54) is 6.07 Å². The number of phosphoric acid groups is 1. The van der Waals surface area contributed by atoms with Crippen molar-refractivity contribution in [3.8, 4) is 0 Å². The molecule has 2 aliphatic rings. The van der Waals surface area contributed by atoms with Crippen LogP contribution in [0.5, 0.6) is 0 Å². The van der Waals surface area contributed by atoms with Gasteiger partial charge in [0.1, 0.15) is 36.3 Å². The first kappa shape index (κ1) is 28.2. The van der Waals surface area contributed by atoms with Crippen molar-refractivity contribution in [2.75, 3.05) is 12.3 Å². The highest BCUT2D eigenvalue weighted by atomic mass is 31.2. The van der Waals surface area contributed by atoms with Gasteiger partial charge in [-0.3, -0.25) is 9.09 Å². The molecule has 0 amide bonds. The van der Waals surface area contributed by atoms with Gasteiger partial charge in [0.05, 0.1) is 12.7 Å². The Hall–Kier alpha value is -1.40. The van der Waals surface area contributed by atoms with Crippen LogP contribution in [0.15, 0.2) is 28.7 Å². The van der Waals surface area contributed by atoms with Crippen LogP contribution < -0.4 is 11.4 Å². The zero-order chi connectivity index (χ0) is 26.3. The number of nitrogens with two attached hydrogens (primary N) is 1. The molecule has 11 N–H and O–H groups in total. The normalized spacial score (nSPS) is 34.3. The van der Waals surface area contributed by atoms with Crippen molar-refractivity contribution in [3.63, 3.8) is 0 Å². The first-order valence-corrected chi connectivity index (χ1v) is 13.2. The van der Waals surface area contributed by atoms with E-state index >= 15 is 0 Å². The average molecular weight is 546 g/mol. The molecular weight excluding hydrogens is 520 g/mol. The minimum Gasteiger partial charge on any atom is -0.390 e. The summed E-state index contributed by atoms with van der Waals surface area (Å²) in [6, 6.07) is 1.23. The molecule has 1 aliphatic carbocycles. The van der Waals surface area contributed by atoms with Crippen molar-refractivity contribution >= 4 is 21.6 Å². The van der Waals surface area contributed by atoms with Crippen LogP contribution in [0.3, 0.4) is 0 Å². The van der Waals surface area contributed by atoms with Crippen molar-refractivity contribution in [1.82, 2.24) is 9.55 Å². The number of anilines is 1. The minimum absolute atomic E-state index is 0.106. The fourth-order valence-electron chi connectivity index (χ4n) is 3.55. The monoisotopic (exact) mass is 546 g/mol. The Labute approximate surface area is 197 Å². The van der Waals surface area contributed by atoms with E-state index < -0.39 is 88.8 Å². The third-order valence-corrected chi connectivity index (χ3v) is 7.49. The Morgan fingerprint density at radius 2 is 1.86 bits per heavy atom. The van der Waals surface area contributed by atoms with Gasteiger partial charge in [-0.15, -0.1) is 0 Å². The van der Waals surface area contributed by atoms with Gasteiger partial charge in [-0.25, -0.2) is 13.9 Å². The highest BCUT2D eigenvalue weighted by molar-refractivity contribution is 7.60. The molecule has 198 valence electrons. The summed E-state index contributed by atoms with van der Waals surface area (Å²) in [5.74, 6) is -2.42. The lowest BCUT2D eigenvalue weighted by molar-refractivity contribution is -0.0566. The molecule has 1 aromatic heterocycles. The van der Waals surface area contributed by atoms with E-state index in [1.807, 2.05) is 0 Å². The molecule has 1 saturated heterocycles. The van der Waals surface area contributed by atoms with Gasteiger partial charge < -0.3 is 40.9 Å². The zero-order valence-corrected chi connectivity index (χ0v) is 19.5. The summed E-state index contributed by atoms with van der Waals surface area (Å²) in [5.41, 5.74) is 4.08. The van der Waals surface area contributed by atoms with Crippen LogP contribution in [0.25, 0.3) is 0 Å². The number of aromatic nitrogens is 2. The molecule has 0 radical (unpaired) electrons. The minimum atomic E-state index is -5.26. The van der Waals surface area contributed by atoms with Crippen LogP contribution in [-0.4, -0.2) is 104 Å². The maximum absolute atomic E-state index is 12.4. The van der Waals surface area contributed by atoms with Gasteiger partial charge in [-0.05, 0) is 12.1 Å². The van der Waals surface area contributed by atoms with Crippen LogP contribution in [-0.2, 0) is 18.3 Å². The summed E-state index contributed by atoms with van der Waals surface area (Å²) in [5, 5.41) is 49.5. The predicted octanol–water partition coefficient (Wildman–Crippen LogP) is -3.94. The average Bonchev–Trinajstić information content (AvgIpc) is 3.02. The molecule has 0 spiro atoms. The summed E-state index contributed by atoms with van der Waals surface area (Å²) in [6.07, 6.45) is -9.92. The van der Waals surface area contributed by atoms with Crippen molar-refractivity contribution in [3.05, 3.63) is 34.4 Å². The molecule has 0 aromatic carbocycles. The molecule has 1 aromatic rings. The third-order valence-electron chi connectivity index (χ3n) is 5.30. The molecule has 0 saturated carbocycles. The number of aliphatic hydroxyl groups excluding tert-OH is 5. The Bertz CT molecular complexity index is 1050. The molecule has 3 rings (SSSR count). The van der Waals surface area contributed by atoms with Crippen LogP contribution >= 0.6 is 15.8 Å². The fraction of sp³-hybridized carbons (Fsp3) is 0.625. The SMILES string of the molecule is Nc1ccn([C@@H]2O[C@H](COP(=O)(O)O[C@H](C3=CC(O)[C@H](O)[C@@H](O)C3)[P+](O)(O)O)C(O)[C@@H]2O)c(=O)n1. The lowest BCUT2D eigenvalue weighted by Crippen LogP contribution is -2.41. The number of rotatable bonds is 8. The van der Waals surface area contributed by atoms with Gasteiger partial charge >= 0.3 is 21.5 Å². The summed E-state index contributed by atoms with van der Waals surface area (Å²) in [6.45, 7) is -0.914. The standard InChI is InChI=1S/C16H25N3O14P2/c17-10-1-2-19(16(25)18-10)14-13(24)12(23)9(32-14)5-31-35(29,30)33-15(34(26,27)28)6-3-7(20)11(22)8(21)4-6/h1-3,7-9,11-15,20-24,26-28H,4-5H2,(H2-,17,18,25,29,30)/p+1/t7?,8-,9+,11-,12?,13-,14+,15-/m0/s1. The number of phosphoric ester groups is 1. The molecule has 35 heavy (non-hydrogen) atoms. The quantitative estimate of drug-likeness (QED) is 0.110. The van der Waals surface area contributed by atoms with Crippen molar-refractivity contribution < 1.29 is 63.5 Å². The molecule has 17 nitrogen and oxygen atoms in total. The number of ether oxygens (including phenoxy) is 1. The van der Waals surface area contributed by atoms with E-state index in [2.05, 4.69) is 9.51 Å². The van der Waals surface area contributed by atoms with Crippen LogP contribution in [0.1, 0.15) is 12.6 Å². The molecule has 3 unspecified atom stereocenters. The number of hydrogen-bond acceptors (Lipinski definition) is 15. The van der Waals surface area contributed by atoms with Gasteiger partial charge in [-0.1, -0.05) is 0 Å². The second kappa shape index (κ2) is 10.5. The van der Waals surface area contributed by atoms with E-state index in [0.29, 0.717) is 0 Å². The summed E-state index contributed by atoms with van der Waals surface area (Å²) in [4.78, 5) is 54.6. The van der Waals surface area contributed by atoms with Crippen molar-refractivity contribution in [2.45, 2.75) is 55.1 Å². The van der Waals surface area contributed by atoms with Crippen molar-refractivity contribution in [2.24, 2.45) is 0 Å². The molecule has 1 fully saturated rings. The number of nitrogens with zero attached hydrogens (tertiary/aromatic N) is 2. The summed E-state index contributed by atoms with van der Waals surface area (Å²) < 4.78 is 28.0. The highest BCUT2D eigenvalue weighted by Crippen LogP contribution is 2.61. The van der Waals surface area contributed by atoms with Crippen LogP contribution in [0.2, 0.25) is 0 Å². The molecule has 1 aliphatic heterocycles. The number of aliphatic hydroxyl groups is 5. The van der Waals surface area contributed by atoms with E-state index in [4.69, 9.17) is 15.0 Å². The first-order valence-electron chi connectivity index (χ1n) is 9.94. The third kappa shape index (κ3) is 6.49. The molecular formula is C16H26N3O14P2+. The van der Waals surface area contributed by atoms with Crippen molar-refractivity contribution in [1.29, 1.82) is 0 Å². The topological polar surface area (TPSA) is 288 Å². The Morgan fingerprint density at radius 1 is 1.20 bits per heavy atom. The van der Waals surface area contributed by atoms with Crippen LogP contribution in [0, 0.1) is 0 Å². The van der Waals surface area contributed by atoms with E-state index in [0.717, 1.165) is 16.8 Å². The molecule has 19 heteroatoms. The lowest BCUT2D eigenvalue weighted by Gasteiger charge is -2.31. The van der Waals surface area contributed by atoms with Gasteiger partial charge in [0.2, 0.25) is 0 Å². The van der Waals surface area contributed by atoms with Crippen LogP contribution in [0.4, 0.5) is 5.82 Å². The predicted molar refractivity (Wildman–Crippen MR) is 114 cm³/mol. The van der Waals surface area contributed by atoms with E-state index in [9.17, 15) is 54.5 Å². The van der Waals surface area contributed by atoms with Gasteiger partial charge in [0.25, 0.3) is 5.85 Å². The van der Waals surface area contributed by atoms with E-state index in [1.54, 1.807) is 0 Å². The lowest BCUT2D eigenvalue weighted by atomic mass is 9.92. The highest BCUT2D eigenvalue weighted by Gasteiger charge is 2.53. The molecule has 0 bridgehead atoms. The van der Waals surface area contributed by atoms with E-state index in [-0.39, 0.29) is 5.82 Å². The Kier molecular flexibility index (Phi) is 8.48. The first-order chi connectivity index (χ1) is 16.1. The molecule has 2 heterocycles. The zero-order valence-electron chi connectivity index (χ0n) is 17.7. The fourth-order valence-corrected chi connectivity index (χ4v) is 5.84. The largest absolute Gasteiger partial charge is 0.476 e. The number of hydrogen-bond donors (Lipinski definition) is 10. The second-order valence-corrected chi connectivity index (χ2v) is 11.0. The second-order valence-electron chi connectivity index (χ2n) is 7.92.